The van der Waals surface area contributed by atoms with Gasteiger partial charge in [-0.3, -0.25) is 0 Å². The van der Waals surface area contributed by atoms with Crippen LogP contribution in [0.3, 0.4) is 0 Å². The van der Waals surface area contributed by atoms with E-state index in [4.69, 9.17) is 12.7 Å². The first-order valence-corrected chi connectivity index (χ1v) is 22.2. The normalized spacial score (nSPS) is 13.1. The van der Waals surface area contributed by atoms with Gasteiger partial charge in [-0.25, -0.2) is 0 Å². The van der Waals surface area contributed by atoms with E-state index in [0.717, 1.165) is 25.7 Å². The molecule has 0 aromatic heterocycles. The SMILES string of the molecule is CCCC[O][Ti]([O]CCCC)([O][Si](CCC)(CCC)CCC)[O][Si](CCC)(CCC)CCC. The Hall–Kier alpha value is 0.988. The van der Waals surface area contributed by atoms with Crippen molar-refractivity contribution in [2.75, 3.05) is 13.2 Å². The first kappa shape index (κ1) is 34.0. The summed E-state index contributed by atoms with van der Waals surface area (Å²) in [6.45, 7) is 19.8. The first-order chi connectivity index (χ1) is 15.9. The van der Waals surface area contributed by atoms with Gasteiger partial charge in [-0.2, -0.15) is 0 Å². The van der Waals surface area contributed by atoms with Gasteiger partial charge in [-0.05, 0) is 0 Å². The summed E-state index contributed by atoms with van der Waals surface area (Å²) in [5, 5.41) is 0. The molecule has 0 radical (unpaired) electrons. The second kappa shape index (κ2) is 20.1. The number of unbranched alkanes of at least 4 members (excludes halogenated alkanes) is 2. The third-order valence-corrected chi connectivity index (χ3v) is 24.4. The Morgan fingerprint density at radius 1 is 0.424 bits per heavy atom. The number of hydrogen-bond donors (Lipinski definition) is 0. The minimum absolute atomic E-state index is 0.715. The van der Waals surface area contributed by atoms with Gasteiger partial charge in [0.25, 0.3) is 0 Å². The average Bonchev–Trinajstić information content (AvgIpc) is 2.75. The zero-order chi connectivity index (χ0) is 25.1. The average molecular weight is 541 g/mol. The quantitative estimate of drug-likeness (QED) is 0.0902. The van der Waals surface area contributed by atoms with Crippen molar-refractivity contribution in [2.24, 2.45) is 0 Å². The molecule has 0 aliphatic carbocycles. The molecular formula is C26H60O4Si2Ti. The Morgan fingerprint density at radius 2 is 0.697 bits per heavy atom. The molecule has 0 aliphatic rings. The summed E-state index contributed by atoms with van der Waals surface area (Å²) in [7, 11) is -3.98. The van der Waals surface area contributed by atoms with Crippen LogP contribution in [0.25, 0.3) is 0 Å². The van der Waals surface area contributed by atoms with Gasteiger partial charge in [0.2, 0.25) is 0 Å². The summed E-state index contributed by atoms with van der Waals surface area (Å²) in [4.78, 5) is 0. The molecule has 4 nitrogen and oxygen atoms in total. The Balaban J connectivity index is 6.43. The topological polar surface area (TPSA) is 36.9 Å². The molecule has 0 rings (SSSR count). The van der Waals surface area contributed by atoms with Gasteiger partial charge < -0.3 is 0 Å². The van der Waals surface area contributed by atoms with Crippen LogP contribution in [-0.2, 0) is 30.8 Å². The molecule has 0 aromatic rings. The van der Waals surface area contributed by atoms with E-state index in [2.05, 4.69) is 55.4 Å². The van der Waals surface area contributed by atoms with Crippen molar-refractivity contribution in [1.82, 2.24) is 0 Å². The molecule has 0 saturated heterocycles. The van der Waals surface area contributed by atoms with Gasteiger partial charge in [0.15, 0.2) is 0 Å². The second-order valence-electron chi connectivity index (χ2n) is 9.97. The van der Waals surface area contributed by atoms with Crippen LogP contribution >= 0.6 is 0 Å². The van der Waals surface area contributed by atoms with Gasteiger partial charge in [0.05, 0.1) is 0 Å². The predicted octanol–water partition coefficient (Wildman–Crippen LogP) is 9.82. The van der Waals surface area contributed by atoms with Crippen LogP contribution < -0.4 is 0 Å². The van der Waals surface area contributed by atoms with Crippen LogP contribution in [0, 0.1) is 0 Å². The van der Waals surface area contributed by atoms with Crippen molar-refractivity contribution in [3.8, 4) is 0 Å². The molecule has 0 unspecified atom stereocenters. The zero-order valence-electron chi connectivity index (χ0n) is 23.9. The van der Waals surface area contributed by atoms with Crippen molar-refractivity contribution in [3.05, 3.63) is 0 Å². The Labute approximate surface area is 215 Å². The molecule has 0 heterocycles. The Kier molecular flexibility index (Phi) is 20.7. The van der Waals surface area contributed by atoms with E-state index in [1.54, 1.807) is 0 Å². The van der Waals surface area contributed by atoms with E-state index in [-0.39, 0.29) is 0 Å². The van der Waals surface area contributed by atoms with Crippen LogP contribution in [-0.4, -0.2) is 29.8 Å². The molecule has 0 spiro atoms. The molecule has 0 fully saturated rings. The van der Waals surface area contributed by atoms with Gasteiger partial charge in [-0.1, -0.05) is 0 Å². The van der Waals surface area contributed by atoms with E-state index >= 15 is 0 Å². The monoisotopic (exact) mass is 540 g/mol. The van der Waals surface area contributed by atoms with Crippen molar-refractivity contribution in [1.29, 1.82) is 0 Å². The molecule has 200 valence electrons. The first-order valence-electron chi connectivity index (χ1n) is 14.6. The minimum atomic E-state index is -3.92. The maximum absolute atomic E-state index is 7.43. The summed E-state index contributed by atoms with van der Waals surface area (Å²) in [6.07, 6.45) is 11.4. The van der Waals surface area contributed by atoms with E-state index in [9.17, 15) is 0 Å². The van der Waals surface area contributed by atoms with Crippen molar-refractivity contribution in [2.45, 2.75) is 156 Å². The van der Waals surface area contributed by atoms with Gasteiger partial charge in [0.1, 0.15) is 0 Å². The van der Waals surface area contributed by atoms with Gasteiger partial charge in [-0.15, -0.1) is 0 Å². The second-order valence-corrected chi connectivity index (χ2v) is 22.5. The van der Waals surface area contributed by atoms with Crippen LogP contribution in [0.1, 0.15) is 120 Å². The molecule has 0 saturated carbocycles. The summed E-state index contributed by atoms with van der Waals surface area (Å²) >= 11 is -3.92. The molecule has 0 atom stereocenters. The Bertz CT molecular complexity index is 380. The summed E-state index contributed by atoms with van der Waals surface area (Å²) in [5.74, 6) is 0. The van der Waals surface area contributed by atoms with Gasteiger partial charge in [0, 0.05) is 0 Å². The van der Waals surface area contributed by atoms with Crippen LogP contribution in [0.15, 0.2) is 0 Å². The third-order valence-electron chi connectivity index (χ3n) is 6.47. The fourth-order valence-corrected chi connectivity index (χ4v) is 25.1. The van der Waals surface area contributed by atoms with Crippen LogP contribution in [0.2, 0.25) is 36.3 Å². The number of rotatable bonds is 24. The van der Waals surface area contributed by atoms with Gasteiger partial charge >= 0.3 is 217 Å². The zero-order valence-corrected chi connectivity index (χ0v) is 27.4. The van der Waals surface area contributed by atoms with E-state index in [1.165, 1.54) is 74.8 Å². The van der Waals surface area contributed by atoms with E-state index < -0.39 is 34.8 Å². The number of hydrogen-bond acceptors (Lipinski definition) is 4. The summed E-state index contributed by atoms with van der Waals surface area (Å²) in [5.41, 5.74) is 0. The van der Waals surface area contributed by atoms with E-state index in [1.807, 2.05) is 0 Å². The molecule has 0 N–H and O–H groups in total. The fourth-order valence-electron chi connectivity index (χ4n) is 5.18. The summed E-state index contributed by atoms with van der Waals surface area (Å²) < 4.78 is 28.5. The molecule has 0 bridgehead atoms. The molecule has 0 aliphatic heterocycles. The third kappa shape index (κ3) is 13.2. The van der Waals surface area contributed by atoms with Crippen molar-refractivity contribution >= 4 is 16.6 Å². The summed E-state index contributed by atoms with van der Waals surface area (Å²) in [6, 6.07) is 7.19. The molecule has 33 heavy (non-hydrogen) atoms. The molecule has 7 heteroatoms. The molecular weight excluding hydrogens is 480 g/mol. The molecule has 0 aromatic carbocycles. The van der Waals surface area contributed by atoms with Crippen molar-refractivity contribution in [3.63, 3.8) is 0 Å². The van der Waals surface area contributed by atoms with E-state index in [0.29, 0.717) is 13.2 Å². The molecule has 0 amide bonds. The maximum atomic E-state index is 7.43. The predicted molar refractivity (Wildman–Crippen MR) is 146 cm³/mol. The fraction of sp³-hybridized carbons (Fsp3) is 1.00. The van der Waals surface area contributed by atoms with Crippen molar-refractivity contribution < 1.29 is 30.8 Å². The Morgan fingerprint density at radius 3 is 0.909 bits per heavy atom. The van der Waals surface area contributed by atoms with Crippen LogP contribution in [0.5, 0.6) is 0 Å². The standard InChI is InChI=1S/2C9H21OSi.2C4H9O.Ti/c2*1-4-7-11(10,8-5-2)9-6-3;2*1-2-3-4-5;/h2*4-9H2,1-3H3;2*2-4H2,1H3;/q4*-1;+4. The van der Waals surface area contributed by atoms with Crippen LogP contribution in [0.4, 0.5) is 0 Å².